The maximum atomic E-state index is 12.0. The molecule has 0 saturated carbocycles. The number of nitrogens with one attached hydrogen (secondary N) is 1. The van der Waals surface area contributed by atoms with Crippen LogP contribution in [0.5, 0.6) is 0 Å². The monoisotopic (exact) mass is 551 g/mol. The molecule has 0 spiro atoms. The number of unbranched alkanes of at least 4 members (excludes halogenated alkanes) is 26. The van der Waals surface area contributed by atoms with Crippen molar-refractivity contribution in [2.24, 2.45) is 11.7 Å². The minimum atomic E-state index is -0.120. The average molecular weight is 551 g/mol. The van der Waals surface area contributed by atoms with Crippen molar-refractivity contribution in [3.63, 3.8) is 0 Å². The highest BCUT2D eigenvalue weighted by Crippen LogP contribution is 2.17. The van der Waals surface area contributed by atoms with Gasteiger partial charge in [0.2, 0.25) is 5.91 Å². The summed E-state index contributed by atoms with van der Waals surface area (Å²) in [6, 6.07) is 0.201. The smallest absolute Gasteiger partial charge is 0.222 e. The molecule has 234 valence electrons. The fraction of sp³-hybridized carbons (Fsp3) is 0.972. The third-order valence-corrected chi connectivity index (χ3v) is 8.83. The summed E-state index contributed by atoms with van der Waals surface area (Å²) < 4.78 is 0. The van der Waals surface area contributed by atoms with Gasteiger partial charge in [-0.15, -0.1) is 0 Å². The summed E-state index contributed by atoms with van der Waals surface area (Å²) in [6.07, 6.45) is 39.6. The van der Waals surface area contributed by atoms with Crippen molar-refractivity contribution in [3.8, 4) is 0 Å². The lowest BCUT2D eigenvalue weighted by molar-refractivity contribution is -0.122. The van der Waals surface area contributed by atoms with Gasteiger partial charge in [-0.3, -0.25) is 4.79 Å². The number of amides is 1. The number of carbonyl (C=O) groups excluding carboxylic acids is 1. The van der Waals surface area contributed by atoms with Gasteiger partial charge in [-0.2, -0.15) is 0 Å². The molecule has 3 N–H and O–H groups in total. The van der Waals surface area contributed by atoms with Crippen LogP contribution in [0.15, 0.2) is 0 Å². The lowest BCUT2D eigenvalue weighted by atomic mass is 9.93. The van der Waals surface area contributed by atoms with Crippen LogP contribution in [0.3, 0.4) is 0 Å². The zero-order valence-electron chi connectivity index (χ0n) is 27.4. The standard InChI is InChI=1S/C36H74N2O/c1-4-6-8-10-12-14-16-18-19-20-21-23-25-27-29-31-33-38-34(3)35(36(37)39)32-30-28-26-24-22-17-15-13-11-9-7-5-2/h34-35,38H,4-33H2,1-3H3,(H2,37,39). The van der Waals surface area contributed by atoms with Gasteiger partial charge in [0.05, 0.1) is 5.92 Å². The second-order valence-electron chi connectivity index (χ2n) is 12.7. The molecule has 0 rings (SSSR count). The Morgan fingerprint density at radius 3 is 1.08 bits per heavy atom. The van der Waals surface area contributed by atoms with Crippen molar-refractivity contribution in [2.45, 2.75) is 213 Å². The molecule has 0 aromatic heterocycles. The zero-order chi connectivity index (χ0) is 28.7. The summed E-state index contributed by atoms with van der Waals surface area (Å²) in [6.45, 7) is 7.75. The van der Waals surface area contributed by atoms with Crippen LogP contribution < -0.4 is 11.1 Å². The van der Waals surface area contributed by atoms with E-state index < -0.39 is 0 Å². The van der Waals surface area contributed by atoms with E-state index >= 15 is 0 Å². The number of hydrogen-bond donors (Lipinski definition) is 2. The normalized spacial score (nSPS) is 13.1. The Bertz CT molecular complexity index is 481. The van der Waals surface area contributed by atoms with Crippen LogP contribution in [0.4, 0.5) is 0 Å². The first-order valence-electron chi connectivity index (χ1n) is 18.2. The summed E-state index contributed by atoms with van der Waals surface area (Å²) in [7, 11) is 0. The van der Waals surface area contributed by atoms with Gasteiger partial charge in [-0.1, -0.05) is 187 Å². The van der Waals surface area contributed by atoms with Crippen molar-refractivity contribution in [2.75, 3.05) is 6.54 Å². The molecule has 0 aliphatic rings. The minimum Gasteiger partial charge on any atom is -0.369 e. The van der Waals surface area contributed by atoms with Crippen LogP contribution in [0, 0.1) is 5.92 Å². The maximum Gasteiger partial charge on any atom is 0.222 e. The van der Waals surface area contributed by atoms with E-state index in [1.54, 1.807) is 0 Å². The van der Waals surface area contributed by atoms with E-state index in [9.17, 15) is 4.79 Å². The maximum absolute atomic E-state index is 12.0. The third-order valence-electron chi connectivity index (χ3n) is 8.83. The summed E-state index contributed by atoms with van der Waals surface area (Å²) >= 11 is 0. The lowest BCUT2D eigenvalue weighted by Gasteiger charge is -2.22. The molecule has 1 amide bonds. The molecule has 3 heteroatoms. The number of rotatable bonds is 33. The molecule has 0 saturated heterocycles. The van der Waals surface area contributed by atoms with E-state index in [4.69, 9.17) is 5.73 Å². The molecular formula is C36H74N2O. The molecule has 0 aliphatic heterocycles. The highest BCUT2D eigenvalue weighted by Gasteiger charge is 2.21. The molecule has 0 bridgehead atoms. The summed E-state index contributed by atoms with van der Waals surface area (Å²) in [5.41, 5.74) is 5.76. The number of carbonyl (C=O) groups is 1. The SMILES string of the molecule is CCCCCCCCCCCCCCCCCCNC(C)C(CCCCCCCCCCCCCC)C(N)=O. The number of nitrogens with two attached hydrogens (primary N) is 1. The van der Waals surface area contributed by atoms with Gasteiger partial charge in [-0.05, 0) is 26.3 Å². The lowest BCUT2D eigenvalue weighted by Crippen LogP contribution is -2.41. The van der Waals surface area contributed by atoms with Crippen molar-refractivity contribution in [3.05, 3.63) is 0 Å². The molecule has 0 aromatic carbocycles. The van der Waals surface area contributed by atoms with Crippen molar-refractivity contribution in [1.29, 1.82) is 0 Å². The summed E-state index contributed by atoms with van der Waals surface area (Å²) in [5.74, 6) is -0.140. The van der Waals surface area contributed by atoms with Gasteiger partial charge >= 0.3 is 0 Å². The zero-order valence-corrected chi connectivity index (χ0v) is 27.4. The third kappa shape index (κ3) is 28.7. The van der Waals surface area contributed by atoms with Gasteiger partial charge in [0, 0.05) is 6.04 Å². The number of primary amides is 1. The summed E-state index contributed by atoms with van der Waals surface area (Å²) in [5, 5.41) is 3.61. The highest BCUT2D eigenvalue weighted by atomic mass is 16.1. The van der Waals surface area contributed by atoms with E-state index in [0.717, 1.165) is 19.4 Å². The van der Waals surface area contributed by atoms with E-state index in [-0.39, 0.29) is 17.9 Å². The Balaban J connectivity index is 3.51. The van der Waals surface area contributed by atoms with Crippen LogP contribution in [-0.2, 0) is 4.79 Å². The van der Waals surface area contributed by atoms with Crippen LogP contribution >= 0.6 is 0 Å². The Labute approximate surface area is 247 Å². The first-order chi connectivity index (χ1) is 19.1. The van der Waals surface area contributed by atoms with E-state index in [1.165, 1.54) is 173 Å². The molecule has 2 unspecified atom stereocenters. The summed E-state index contributed by atoms with van der Waals surface area (Å²) in [4.78, 5) is 12.0. The minimum absolute atomic E-state index is 0.0193. The Morgan fingerprint density at radius 1 is 0.487 bits per heavy atom. The van der Waals surface area contributed by atoms with Crippen molar-refractivity contribution >= 4 is 5.91 Å². The predicted octanol–water partition coefficient (Wildman–Crippen LogP) is 11.4. The Kier molecular flexibility index (Phi) is 31.5. The first kappa shape index (κ1) is 38.4. The van der Waals surface area contributed by atoms with Crippen LogP contribution in [0.1, 0.15) is 207 Å². The van der Waals surface area contributed by atoms with E-state index in [1.807, 2.05) is 0 Å². The fourth-order valence-corrected chi connectivity index (χ4v) is 5.99. The largest absolute Gasteiger partial charge is 0.369 e. The Hall–Kier alpha value is -0.570. The Morgan fingerprint density at radius 2 is 0.769 bits per heavy atom. The molecule has 2 atom stereocenters. The van der Waals surface area contributed by atoms with Crippen LogP contribution in [-0.4, -0.2) is 18.5 Å². The van der Waals surface area contributed by atoms with Gasteiger partial charge < -0.3 is 11.1 Å². The molecule has 39 heavy (non-hydrogen) atoms. The molecule has 0 fully saturated rings. The first-order valence-corrected chi connectivity index (χ1v) is 18.2. The van der Waals surface area contributed by atoms with Crippen molar-refractivity contribution < 1.29 is 4.79 Å². The average Bonchev–Trinajstić information content (AvgIpc) is 2.92. The van der Waals surface area contributed by atoms with Crippen LogP contribution in [0.2, 0.25) is 0 Å². The molecule has 3 nitrogen and oxygen atoms in total. The predicted molar refractivity (Wildman–Crippen MR) is 175 cm³/mol. The quantitative estimate of drug-likeness (QED) is 0.0798. The molecular weight excluding hydrogens is 476 g/mol. The molecule has 0 heterocycles. The fourth-order valence-electron chi connectivity index (χ4n) is 5.99. The molecule has 0 aromatic rings. The topological polar surface area (TPSA) is 55.1 Å². The second kappa shape index (κ2) is 32.0. The highest BCUT2D eigenvalue weighted by molar-refractivity contribution is 5.77. The second-order valence-corrected chi connectivity index (χ2v) is 12.7. The molecule has 0 radical (unpaired) electrons. The van der Waals surface area contributed by atoms with E-state index in [2.05, 4.69) is 26.1 Å². The van der Waals surface area contributed by atoms with Gasteiger partial charge in [0.1, 0.15) is 0 Å². The van der Waals surface area contributed by atoms with Crippen LogP contribution in [0.25, 0.3) is 0 Å². The van der Waals surface area contributed by atoms with Gasteiger partial charge in [0.25, 0.3) is 0 Å². The van der Waals surface area contributed by atoms with Gasteiger partial charge in [0.15, 0.2) is 0 Å². The van der Waals surface area contributed by atoms with Crippen molar-refractivity contribution in [1.82, 2.24) is 5.32 Å². The van der Waals surface area contributed by atoms with E-state index in [0.29, 0.717) is 0 Å². The number of hydrogen-bond acceptors (Lipinski definition) is 2. The van der Waals surface area contributed by atoms with Gasteiger partial charge in [-0.25, -0.2) is 0 Å². The molecule has 0 aliphatic carbocycles.